The molecule has 5 heteroatoms. The predicted molar refractivity (Wildman–Crippen MR) is 96.5 cm³/mol. The maximum Gasteiger partial charge on any atom is 0.338 e. The lowest BCUT2D eigenvalue weighted by atomic mass is 9.78. The first kappa shape index (κ1) is 21.2. The summed E-state index contributed by atoms with van der Waals surface area (Å²) < 4.78 is 10.8. The molecule has 140 valence electrons. The van der Waals surface area contributed by atoms with Crippen LogP contribution in [0.3, 0.4) is 0 Å². The van der Waals surface area contributed by atoms with E-state index in [1.54, 1.807) is 26.0 Å². The van der Waals surface area contributed by atoms with Crippen LogP contribution in [0.1, 0.15) is 69.2 Å². The van der Waals surface area contributed by atoms with Gasteiger partial charge in [0, 0.05) is 5.41 Å². The molecule has 1 rings (SSSR count). The van der Waals surface area contributed by atoms with Gasteiger partial charge in [-0.1, -0.05) is 34.6 Å². The third-order valence-electron chi connectivity index (χ3n) is 4.37. The summed E-state index contributed by atoms with van der Waals surface area (Å²) in [7, 11) is 0. The minimum absolute atomic E-state index is 0.105. The Hall–Kier alpha value is -1.88. The van der Waals surface area contributed by atoms with E-state index in [0.29, 0.717) is 17.7 Å². The maximum atomic E-state index is 12.3. The second-order valence-corrected chi connectivity index (χ2v) is 8.66. The molecule has 5 nitrogen and oxygen atoms in total. The number of aliphatic hydroxyl groups excluding tert-OH is 1. The van der Waals surface area contributed by atoms with Crippen molar-refractivity contribution >= 4 is 11.9 Å². The van der Waals surface area contributed by atoms with E-state index < -0.39 is 23.0 Å². The van der Waals surface area contributed by atoms with Crippen molar-refractivity contribution in [3.8, 4) is 0 Å². The molecule has 0 amide bonds. The van der Waals surface area contributed by atoms with Gasteiger partial charge in [0.25, 0.3) is 0 Å². The standard InChI is InChI=1S/C20H30O5/c1-18(2,3)13-24-16(22)14-8-10-15(11-9-14)17(23)25-20(6,7)19(4,5)12-21/h8-11,21H,12-13H2,1-7H3. The Labute approximate surface area is 150 Å². The minimum Gasteiger partial charge on any atom is -0.462 e. The van der Waals surface area contributed by atoms with E-state index in [9.17, 15) is 14.7 Å². The Morgan fingerprint density at radius 1 is 0.880 bits per heavy atom. The lowest BCUT2D eigenvalue weighted by molar-refractivity contribution is -0.0806. The van der Waals surface area contributed by atoms with Gasteiger partial charge >= 0.3 is 11.9 Å². The summed E-state index contributed by atoms with van der Waals surface area (Å²) in [6, 6.07) is 6.17. The fourth-order valence-corrected chi connectivity index (χ4v) is 1.73. The molecule has 0 bridgehead atoms. The van der Waals surface area contributed by atoms with Gasteiger partial charge in [-0.15, -0.1) is 0 Å². The van der Waals surface area contributed by atoms with Gasteiger partial charge in [0.15, 0.2) is 0 Å². The number of aliphatic hydroxyl groups is 1. The van der Waals surface area contributed by atoms with Gasteiger partial charge in [-0.25, -0.2) is 9.59 Å². The summed E-state index contributed by atoms with van der Waals surface area (Å²) >= 11 is 0. The molecule has 1 N–H and O–H groups in total. The van der Waals surface area contributed by atoms with Gasteiger partial charge in [0.2, 0.25) is 0 Å². The summed E-state index contributed by atoms with van der Waals surface area (Å²) in [5, 5.41) is 9.48. The van der Waals surface area contributed by atoms with Crippen molar-refractivity contribution in [2.24, 2.45) is 10.8 Å². The van der Waals surface area contributed by atoms with Crippen LogP contribution < -0.4 is 0 Å². The first-order valence-electron chi connectivity index (χ1n) is 8.40. The highest BCUT2D eigenvalue weighted by Crippen LogP contribution is 2.33. The summed E-state index contributed by atoms with van der Waals surface area (Å²) in [6.45, 7) is 13.3. The van der Waals surface area contributed by atoms with Crippen LogP contribution in [0.25, 0.3) is 0 Å². The first-order valence-corrected chi connectivity index (χ1v) is 8.40. The lowest BCUT2D eigenvalue weighted by Crippen LogP contribution is -2.45. The number of hydrogen-bond donors (Lipinski definition) is 1. The number of carbonyl (C=O) groups is 2. The van der Waals surface area contributed by atoms with E-state index in [0.717, 1.165) is 0 Å². The molecule has 0 radical (unpaired) electrons. The SMILES string of the molecule is CC(C)(C)COC(=O)c1ccc(C(=O)OC(C)(C)C(C)(C)CO)cc1. The molecular formula is C20H30O5. The van der Waals surface area contributed by atoms with Gasteiger partial charge < -0.3 is 14.6 Å². The molecule has 0 atom stereocenters. The van der Waals surface area contributed by atoms with Crippen LogP contribution in [0.4, 0.5) is 0 Å². The van der Waals surface area contributed by atoms with Gasteiger partial charge in [0.05, 0.1) is 24.3 Å². The molecule has 0 aromatic heterocycles. The number of ether oxygens (including phenoxy) is 2. The zero-order chi connectivity index (χ0) is 19.5. The van der Waals surface area contributed by atoms with Crippen LogP contribution in [0, 0.1) is 10.8 Å². The second kappa shape index (κ2) is 7.56. The number of esters is 2. The Morgan fingerprint density at radius 3 is 1.72 bits per heavy atom. The lowest BCUT2D eigenvalue weighted by Gasteiger charge is -2.39. The van der Waals surface area contributed by atoms with Gasteiger partial charge in [-0.3, -0.25) is 0 Å². The second-order valence-electron chi connectivity index (χ2n) is 8.66. The van der Waals surface area contributed by atoms with Crippen LogP contribution in [0.15, 0.2) is 24.3 Å². The monoisotopic (exact) mass is 350 g/mol. The average Bonchev–Trinajstić information content (AvgIpc) is 2.51. The molecule has 0 fully saturated rings. The van der Waals surface area contributed by atoms with E-state index in [2.05, 4.69) is 0 Å². The van der Waals surface area contributed by atoms with Crippen LogP contribution in [0.2, 0.25) is 0 Å². The highest BCUT2D eigenvalue weighted by atomic mass is 16.6. The molecule has 0 aliphatic carbocycles. The molecule has 1 aromatic carbocycles. The smallest absolute Gasteiger partial charge is 0.338 e. The molecule has 25 heavy (non-hydrogen) atoms. The Balaban J connectivity index is 2.79. The molecule has 0 saturated carbocycles. The molecular weight excluding hydrogens is 320 g/mol. The predicted octanol–water partition coefficient (Wildman–Crippen LogP) is 3.84. The largest absolute Gasteiger partial charge is 0.462 e. The van der Waals surface area contributed by atoms with Crippen molar-refractivity contribution in [1.29, 1.82) is 0 Å². The topological polar surface area (TPSA) is 72.8 Å². The number of benzene rings is 1. The summed E-state index contributed by atoms with van der Waals surface area (Å²) in [5.41, 5.74) is -0.808. The van der Waals surface area contributed by atoms with Gasteiger partial charge in [-0.05, 0) is 43.5 Å². The van der Waals surface area contributed by atoms with Crippen LogP contribution in [-0.4, -0.2) is 35.9 Å². The van der Waals surface area contributed by atoms with E-state index in [1.165, 1.54) is 12.1 Å². The van der Waals surface area contributed by atoms with E-state index in [-0.39, 0.29) is 12.0 Å². The summed E-state index contributed by atoms with van der Waals surface area (Å²) in [6.07, 6.45) is 0. The third kappa shape index (κ3) is 5.85. The Kier molecular flexibility index (Phi) is 6.40. The van der Waals surface area contributed by atoms with Crippen molar-refractivity contribution in [2.75, 3.05) is 13.2 Å². The third-order valence-corrected chi connectivity index (χ3v) is 4.37. The minimum atomic E-state index is -0.844. The normalized spacial score (nSPS) is 12.6. The van der Waals surface area contributed by atoms with Crippen molar-refractivity contribution in [2.45, 2.75) is 54.1 Å². The zero-order valence-electron chi connectivity index (χ0n) is 16.3. The van der Waals surface area contributed by atoms with Crippen LogP contribution in [0.5, 0.6) is 0 Å². The molecule has 0 unspecified atom stereocenters. The molecule has 0 aliphatic heterocycles. The number of rotatable bonds is 6. The fraction of sp³-hybridized carbons (Fsp3) is 0.600. The van der Waals surface area contributed by atoms with E-state index >= 15 is 0 Å². The molecule has 0 aliphatic rings. The zero-order valence-corrected chi connectivity index (χ0v) is 16.3. The quantitative estimate of drug-likeness (QED) is 0.789. The fourth-order valence-electron chi connectivity index (χ4n) is 1.73. The molecule has 0 heterocycles. The van der Waals surface area contributed by atoms with Crippen LogP contribution >= 0.6 is 0 Å². The molecule has 0 spiro atoms. The Bertz CT molecular complexity index is 606. The van der Waals surface area contributed by atoms with Crippen molar-refractivity contribution in [3.63, 3.8) is 0 Å². The molecule has 1 aromatic rings. The Morgan fingerprint density at radius 2 is 1.32 bits per heavy atom. The average molecular weight is 350 g/mol. The highest BCUT2D eigenvalue weighted by Gasteiger charge is 2.40. The summed E-state index contributed by atoms with van der Waals surface area (Å²) in [4.78, 5) is 24.3. The number of hydrogen-bond acceptors (Lipinski definition) is 5. The summed E-state index contributed by atoms with van der Waals surface area (Å²) in [5.74, 6) is -0.919. The van der Waals surface area contributed by atoms with Gasteiger partial charge in [0.1, 0.15) is 5.60 Å². The maximum absolute atomic E-state index is 12.3. The highest BCUT2D eigenvalue weighted by molar-refractivity contribution is 5.93. The van der Waals surface area contributed by atoms with Crippen molar-refractivity contribution in [1.82, 2.24) is 0 Å². The van der Waals surface area contributed by atoms with E-state index in [1.807, 2.05) is 34.6 Å². The van der Waals surface area contributed by atoms with Crippen molar-refractivity contribution in [3.05, 3.63) is 35.4 Å². The van der Waals surface area contributed by atoms with Crippen molar-refractivity contribution < 1.29 is 24.2 Å². The van der Waals surface area contributed by atoms with E-state index in [4.69, 9.17) is 9.47 Å². The van der Waals surface area contributed by atoms with Gasteiger partial charge in [-0.2, -0.15) is 0 Å². The first-order chi connectivity index (χ1) is 11.3. The van der Waals surface area contributed by atoms with Crippen LogP contribution in [-0.2, 0) is 9.47 Å². The number of carbonyl (C=O) groups excluding carboxylic acids is 2. The molecule has 0 saturated heterocycles.